The lowest BCUT2D eigenvalue weighted by atomic mass is 10.2. The summed E-state index contributed by atoms with van der Waals surface area (Å²) in [7, 11) is 1.29. The Morgan fingerprint density at radius 2 is 2.05 bits per heavy atom. The normalized spacial score (nSPS) is 10.7. The first-order chi connectivity index (χ1) is 9.69. The minimum absolute atomic E-state index is 0.288. The number of nitrogens with one attached hydrogen (secondary N) is 1. The molecule has 20 heavy (non-hydrogen) atoms. The lowest BCUT2D eigenvalue weighted by Crippen LogP contribution is -2.12. The molecule has 0 saturated heterocycles. The summed E-state index contributed by atoms with van der Waals surface area (Å²) in [5.74, 6) is -0.0636. The molecular formula is C14H11N3O3. The highest BCUT2D eigenvalue weighted by Crippen LogP contribution is 2.13. The van der Waals surface area contributed by atoms with Gasteiger partial charge in [0, 0.05) is 11.8 Å². The summed E-state index contributed by atoms with van der Waals surface area (Å²) in [6, 6.07) is 10.7. The fraction of sp³-hybridized carbons (Fsp3) is 0.0714. The van der Waals surface area contributed by atoms with E-state index in [0.717, 1.165) is 5.56 Å². The van der Waals surface area contributed by atoms with Gasteiger partial charge < -0.3 is 9.72 Å². The van der Waals surface area contributed by atoms with Crippen molar-refractivity contribution < 1.29 is 9.53 Å². The summed E-state index contributed by atoms with van der Waals surface area (Å²) in [5.41, 5.74) is 1.06. The van der Waals surface area contributed by atoms with Crippen molar-refractivity contribution >= 4 is 11.5 Å². The topological polar surface area (TPSA) is 76.5 Å². The first-order valence-corrected chi connectivity index (χ1v) is 5.95. The highest BCUT2D eigenvalue weighted by atomic mass is 16.5. The van der Waals surface area contributed by atoms with E-state index in [1.165, 1.54) is 23.9 Å². The van der Waals surface area contributed by atoms with E-state index < -0.39 is 5.97 Å². The van der Waals surface area contributed by atoms with Gasteiger partial charge in [0.2, 0.25) is 0 Å². The number of benzene rings is 1. The van der Waals surface area contributed by atoms with Gasteiger partial charge in [-0.2, -0.15) is 0 Å². The van der Waals surface area contributed by atoms with Gasteiger partial charge in [-0.3, -0.25) is 4.79 Å². The van der Waals surface area contributed by atoms with Crippen molar-refractivity contribution in [2.24, 2.45) is 0 Å². The number of aromatic nitrogens is 3. The van der Waals surface area contributed by atoms with Crippen molar-refractivity contribution in [1.29, 1.82) is 0 Å². The highest BCUT2D eigenvalue weighted by molar-refractivity contribution is 5.90. The molecule has 0 spiro atoms. The molecule has 0 saturated carbocycles. The van der Waals surface area contributed by atoms with Crippen LogP contribution in [0.5, 0.6) is 0 Å². The number of fused-ring (bicyclic) bond motifs is 1. The molecular weight excluding hydrogens is 258 g/mol. The van der Waals surface area contributed by atoms with E-state index in [9.17, 15) is 9.59 Å². The van der Waals surface area contributed by atoms with Gasteiger partial charge in [-0.15, -0.1) is 5.10 Å². The van der Waals surface area contributed by atoms with Gasteiger partial charge in [0.15, 0.2) is 5.82 Å². The van der Waals surface area contributed by atoms with Crippen molar-refractivity contribution in [2.45, 2.75) is 0 Å². The third-order valence-corrected chi connectivity index (χ3v) is 2.94. The number of methoxy groups -OCH3 is 1. The van der Waals surface area contributed by atoms with Crippen molar-refractivity contribution in [3.05, 3.63) is 58.5 Å². The van der Waals surface area contributed by atoms with E-state index >= 15 is 0 Å². The summed E-state index contributed by atoms with van der Waals surface area (Å²) in [4.78, 5) is 26.2. The minimum atomic E-state index is -0.504. The molecule has 2 heterocycles. The molecule has 6 nitrogen and oxygen atoms in total. The molecule has 100 valence electrons. The highest BCUT2D eigenvalue weighted by Gasteiger charge is 2.12. The number of hydrogen-bond donors (Lipinski definition) is 1. The Bertz CT molecular complexity index is 834. The van der Waals surface area contributed by atoms with E-state index in [1.807, 2.05) is 30.3 Å². The van der Waals surface area contributed by atoms with Crippen molar-refractivity contribution in [2.75, 3.05) is 7.11 Å². The van der Waals surface area contributed by atoms with Crippen LogP contribution < -0.4 is 5.56 Å². The summed E-state index contributed by atoms with van der Waals surface area (Å²) < 4.78 is 6.01. The van der Waals surface area contributed by atoms with Crippen LogP contribution in [0.4, 0.5) is 0 Å². The van der Waals surface area contributed by atoms with E-state index in [0.29, 0.717) is 11.3 Å². The van der Waals surface area contributed by atoms with Gasteiger partial charge >= 0.3 is 5.97 Å². The second-order valence-electron chi connectivity index (χ2n) is 4.22. The molecule has 0 aliphatic heterocycles. The zero-order chi connectivity index (χ0) is 14.1. The summed E-state index contributed by atoms with van der Waals surface area (Å²) in [5, 5.41) is 4.30. The van der Waals surface area contributed by atoms with Gasteiger partial charge in [-0.1, -0.05) is 30.3 Å². The lowest BCUT2D eigenvalue weighted by Gasteiger charge is -2.01. The first kappa shape index (κ1) is 12.2. The SMILES string of the molecule is COC(=O)c1cc2c(=O)[nH]c(-c3ccccc3)nn2c1. The number of H-pyrrole nitrogens is 1. The molecule has 0 radical (unpaired) electrons. The van der Waals surface area contributed by atoms with E-state index in [4.69, 9.17) is 0 Å². The Hall–Kier alpha value is -2.89. The zero-order valence-electron chi connectivity index (χ0n) is 10.7. The van der Waals surface area contributed by atoms with E-state index in [-0.39, 0.29) is 11.1 Å². The molecule has 3 rings (SSSR count). The number of ether oxygens (including phenoxy) is 1. The van der Waals surface area contributed by atoms with Crippen LogP contribution in [0, 0.1) is 0 Å². The fourth-order valence-corrected chi connectivity index (χ4v) is 1.96. The maximum absolute atomic E-state index is 12.0. The van der Waals surface area contributed by atoms with Gasteiger partial charge in [-0.05, 0) is 6.07 Å². The largest absolute Gasteiger partial charge is 0.465 e. The van der Waals surface area contributed by atoms with Crippen LogP contribution in [0.1, 0.15) is 10.4 Å². The maximum atomic E-state index is 12.0. The molecule has 2 aromatic heterocycles. The average Bonchev–Trinajstić information content (AvgIpc) is 2.92. The monoisotopic (exact) mass is 269 g/mol. The van der Waals surface area contributed by atoms with Crippen LogP contribution in [0.15, 0.2) is 47.4 Å². The number of carbonyl (C=O) groups is 1. The molecule has 0 atom stereocenters. The first-order valence-electron chi connectivity index (χ1n) is 5.95. The number of aromatic amines is 1. The van der Waals surface area contributed by atoms with Crippen molar-refractivity contribution in [3.8, 4) is 11.4 Å². The minimum Gasteiger partial charge on any atom is -0.465 e. The smallest absolute Gasteiger partial charge is 0.339 e. The average molecular weight is 269 g/mol. The third kappa shape index (κ3) is 1.97. The molecule has 0 fully saturated rings. The van der Waals surface area contributed by atoms with Crippen LogP contribution in [-0.4, -0.2) is 27.7 Å². The van der Waals surface area contributed by atoms with Crippen LogP contribution >= 0.6 is 0 Å². The zero-order valence-corrected chi connectivity index (χ0v) is 10.7. The molecule has 6 heteroatoms. The lowest BCUT2D eigenvalue weighted by molar-refractivity contribution is 0.0601. The molecule has 0 bridgehead atoms. The van der Waals surface area contributed by atoms with Crippen molar-refractivity contribution in [1.82, 2.24) is 14.6 Å². The second-order valence-corrected chi connectivity index (χ2v) is 4.22. The molecule has 3 aromatic rings. The summed E-state index contributed by atoms with van der Waals surface area (Å²) in [6.45, 7) is 0. The Morgan fingerprint density at radius 3 is 2.75 bits per heavy atom. The second kappa shape index (κ2) is 4.65. The third-order valence-electron chi connectivity index (χ3n) is 2.94. The van der Waals surface area contributed by atoms with E-state index in [1.54, 1.807) is 0 Å². The fourth-order valence-electron chi connectivity index (χ4n) is 1.96. The summed E-state index contributed by atoms with van der Waals surface area (Å²) >= 11 is 0. The molecule has 0 aliphatic carbocycles. The van der Waals surface area contributed by atoms with Crippen LogP contribution in [-0.2, 0) is 4.74 Å². The molecule has 0 aliphatic rings. The maximum Gasteiger partial charge on any atom is 0.339 e. The van der Waals surface area contributed by atoms with Crippen LogP contribution in [0.2, 0.25) is 0 Å². The Kier molecular flexibility index (Phi) is 2.83. The van der Waals surface area contributed by atoms with Crippen molar-refractivity contribution in [3.63, 3.8) is 0 Å². The van der Waals surface area contributed by atoms with Gasteiger partial charge in [0.25, 0.3) is 5.56 Å². The quantitative estimate of drug-likeness (QED) is 0.715. The number of carbonyl (C=O) groups excluding carboxylic acids is 1. The van der Waals surface area contributed by atoms with E-state index in [2.05, 4.69) is 14.8 Å². The summed E-state index contributed by atoms with van der Waals surface area (Å²) in [6.07, 6.45) is 1.48. The molecule has 0 unspecified atom stereocenters. The molecule has 1 N–H and O–H groups in total. The Labute approximate surface area is 113 Å². The molecule has 0 amide bonds. The number of esters is 1. The Balaban J connectivity index is 2.19. The molecule has 1 aromatic carbocycles. The van der Waals surface area contributed by atoms with Gasteiger partial charge in [0.05, 0.1) is 12.7 Å². The van der Waals surface area contributed by atoms with Crippen LogP contribution in [0.3, 0.4) is 0 Å². The standard InChI is InChI=1S/C14H11N3O3/c1-20-14(19)10-7-11-13(18)15-12(16-17(11)8-10)9-5-3-2-4-6-9/h2-8H,1H3,(H,15,16,18). The predicted octanol–water partition coefficient (Wildman–Crippen LogP) is 1.48. The van der Waals surface area contributed by atoms with Gasteiger partial charge in [-0.25, -0.2) is 9.31 Å². The Morgan fingerprint density at radius 1 is 1.30 bits per heavy atom. The number of rotatable bonds is 2. The van der Waals surface area contributed by atoms with Crippen LogP contribution in [0.25, 0.3) is 16.9 Å². The number of hydrogen-bond acceptors (Lipinski definition) is 4. The number of nitrogens with zero attached hydrogens (tertiary/aromatic N) is 2. The predicted molar refractivity (Wildman–Crippen MR) is 72.6 cm³/mol. The van der Waals surface area contributed by atoms with Gasteiger partial charge in [0.1, 0.15) is 5.52 Å².